The lowest BCUT2D eigenvalue weighted by molar-refractivity contribution is 0.508. The standard InChI is InChI=1S/C10H11N3O/c1-7-2-4-8(5-3-7)10-13-12-9(6-11)14-10/h2-5H,6,11H2,1H3. The Labute approximate surface area is 81.8 Å². The van der Waals surface area contributed by atoms with Gasteiger partial charge in [-0.25, -0.2) is 0 Å². The molecule has 0 saturated heterocycles. The molecule has 4 heteroatoms. The molecule has 2 N–H and O–H groups in total. The van der Waals surface area contributed by atoms with Crippen molar-refractivity contribution in [1.82, 2.24) is 10.2 Å². The predicted molar refractivity (Wildman–Crippen MR) is 52.4 cm³/mol. The van der Waals surface area contributed by atoms with Gasteiger partial charge in [-0.05, 0) is 19.1 Å². The number of rotatable bonds is 2. The number of hydrogen-bond donors (Lipinski definition) is 1. The van der Waals surface area contributed by atoms with E-state index in [1.54, 1.807) is 0 Å². The molecule has 1 aromatic heterocycles. The van der Waals surface area contributed by atoms with E-state index in [1.807, 2.05) is 31.2 Å². The minimum atomic E-state index is 0.277. The van der Waals surface area contributed by atoms with Crippen LogP contribution in [0.2, 0.25) is 0 Å². The summed E-state index contributed by atoms with van der Waals surface area (Å²) in [5.74, 6) is 0.978. The van der Waals surface area contributed by atoms with Gasteiger partial charge in [0.2, 0.25) is 11.8 Å². The molecule has 0 unspecified atom stereocenters. The van der Waals surface area contributed by atoms with Crippen LogP contribution >= 0.6 is 0 Å². The van der Waals surface area contributed by atoms with Gasteiger partial charge in [0, 0.05) is 5.56 Å². The van der Waals surface area contributed by atoms with Gasteiger partial charge in [0.15, 0.2) is 0 Å². The van der Waals surface area contributed by atoms with Crippen molar-refractivity contribution in [2.75, 3.05) is 0 Å². The molecule has 0 aliphatic rings. The molecular formula is C10H11N3O. The van der Waals surface area contributed by atoms with E-state index in [-0.39, 0.29) is 6.54 Å². The van der Waals surface area contributed by atoms with Gasteiger partial charge in [-0.1, -0.05) is 17.7 Å². The largest absolute Gasteiger partial charge is 0.419 e. The van der Waals surface area contributed by atoms with Crippen LogP contribution in [0.15, 0.2) is 28.7 Å². The highest BCUT2D eigenvalue weighted by atomic mass is 16.4. The Hall–Kier alpha value is -1.68. The molecule has 4 nitrogen and oxygen atoms in total. The van der Waals surface area contributed by atoms with Gasteiger partial charge in [-0.2, -0.15) is 0 Å². The summed E-state index contributed by atoms with van der Waals surface area (Å²) in [7, 11) is 0. The molecule has 0 saturated carbocycles. The summed E-state index contributed by atoms with van der Waals surface area (Å²) in [6.07, 6.45) is 0. The number of benzene rings is 1. The molecule has 0 spiro atoms. The highest BCUT2D eigenvalue weighted by Crippen LogP contribution is 2.17. The summed E-state index contributed by atoms with van der Waals surface area (Å²) in [5.41, 5.74) is 7.49. The fourth-order valence-electron chi connectivity index (χ4n) is 1.15. The summed E-state index contributed by atoms with van der Waals surface area (Å²) in [5, 5.41) is 7.68. The maximum absolute atomic E-state index is 5.37. The zero-order valence-electron chi connectivity index (χ0n) is 7.90. The third-order valence-electron chi connectivity index (χ3n) is 1.94. The topological polar surface area (TPSA) is 64.9 Å². The van der Waals surface area contributed by atoms with Crippen LogP contribution in [-0.2, 0) is 6.54 Å². The van der Waals surface area contributed by atoms with E-state index >= 15 is 0 Å². The highest BCUT2D eigenvalue weighted by Gasteiger charge is 2.05. The first-order valence-electron chi connectivity index (χ1n) is 4.39. The molecule has 2 aromatic rings. The van der Waals surface area contributed by atoms with Gasteiger partial charge >= 0.3 is 0 Å². The quantitative estimate of drug-likeness (QED) is 0.777. The molecule has 0 radical (unpaired) electrons. The lowest BCUT2D eigenvalue weighted by Crippen LogP contribution is -1.95. The normalized spacial score (nSPS) is 10.4. The Bertz CT molecular complexity index is 419. The van der Waals surface area contributed by atoms with Crippen LogP contribution in [0.4, 0.5) is 0 Å². The van der Waals surface area contributed by atoms with Crippen molar-refractivity contribution >= 4 is 0 Å². The number of hydrogen-bond acceptors (Lipinski definition) is 4. The minimum Gasteiger partial charge on any atom is -0.419 e. The molecular weight excluding hydrogens is 178 g/mol. The second kappa shape index (κ2) is 3.59. The second-order valence-electron chi connectivity index (χ2n) is 3.07. The van der Waals surface area contributed by atoms with Gasteiger partial charge in [-0.15, -0.1) is 10.2 Å². The van der Waals surface area contributed by atoms with Crippen LogP contribution in [0.3, 0.4) is 0 Å². The maximum atomic E-state index is 5.37. The van der Waals surface area contributed by atoms with Gasteiger partial charge < -0.3 is 10.2 Å². The van der Waals surface area contributed by atoms with Crippen LogP contribution in [0.5, 0.6) is 0 Å². The Kier molecular flexibility index (Phi) is 2.28. The van der Waals surface area contributed by atoms with E-state index in [4.69, 9.17) is 10.2 Å². The summed E-state index contributed by atoms with van der Waals surface area (Å²) in [6, 6.07) is 7.90. The zero-order chi connectivity index (χ0) is 9.97. The average molecular weight is 189 g/mol. The molecule has 14 heavy (non-hydrogen) atoms. The fourth-order valence-corrected chi connectivity index (χ4v) is 1.15. The lowest BCUT2D eigenvalue weighted by atomic mass is 10.1. The first kappa shape index (κ1) is 8.90. The van der Waals surface area contributed by atoms with E-state index in [9.17, 15) is 0 Å². The first-order valence-corrected chi connectivity index (χ1v) is 4.39. The van der Waals surface area contributed by atoms with Crippen LogP contribution in [-0.4, -0.2) is 10.2 Å². The fraction of sp³-hybridized carbons (Fsp3) is 0.200. The van der Waals surface area contributed by atoms with Crippen LogP contribution in [0.25, 0.3) is 11.5 Å². The summed E-state index contributed by atoms with van der Waals surface area (Å²) < 4.78 is 5.31. The van der Waals surface area contributed by atoms with Crippen molar-refractivity contribution in [3.8, 4) is 11.5 Å². The van der Waals surface area contributed by atoms with Gasteiger partial charge in [0.25, 0.3) is 0 Å². The first-order chi connectivity index (χ1) is 6.79. The molecule has 0 bridgehead atoms. The molecule has 0 amide bonds. The SMILES string of the molecule is Cc1ccc(-c2nnc(CN)o2)cc1. The Morgan fingerprint density at radius 3 is 2.50 bits per heavy atom. The Morgan fingerprint density at radius 1 is 1.21 bits per heavy atom. The number of nitrogens with two attached hydrogens (primary N) is 1. The summed E-state index contributed by atoms with van der Waals surface area (Å²) in [6.45, 7) is 2.31. The second-order valence-corrected chi connectivity index (χ2v) is 3.07. The number of aromatic nitrogens is 2. The maximum Gasteiger partial charge on any atom is 0.247 e. The van der Waals surface area contributed by atoms with Crippen molar-refractivity contribution in [3.05, 3.63) is 35.7 Å². The van der Waals surface area contributed by atoms with Gasteiger partial charge in [-0.3, -0.25) is 0 Å². The van der Waals surface area contributed by atoms with E-state index < -0.39 is 0 Å². The highest BCUT2D eigenvalue weighted by molar-refractivity contribution is 5.52. The number of nitrogens with zero attached hydrogens (tertiary/aromatic N) is 2. The molecule has 0 atom stereocenters. The lowest BCUT2D eigenvalue weighted by Gasteiger charge is -1.94. The van der Waals surface area contributed by atoms with Crippen molar-refractivity contribution in [3.63, 3.8) is 0 Å². The van der Waals surface area contributed by atoms with E-state index in [0.717, 1.165) is 5.56 Å². The zero-order valence-corrected chi connectivity index (χ0v) is 7.90. The summed E-state index contributed by atoms with van der Waals surface area (Å²) >= 11 is 0. The molecule has 0 fully saturated rings. The molecule has 0 aliphatic heterocycles. The van der Waals surface area contributed by atoms with Crippen molar-refractivity contribution in [2.45, 2.75) is 13.5 Å². The van der Waals surface area contributed by atoms with Crippen LogP contribution in [0.1, 0.15) is 11.5 Å². The van der Waals surface area contributed by atoms with Gasteiger partial charge in [0.05, 0.1) is 6.54 Å². The van der Waals surface area contributed by atoms with Crippen molar-refractivity contribution in [1.29, 1.82) is 0 Å². The van der Waals surface area contributed by atoms with E-state index in [1.165, 1.54) is 5.56 Å². The predicted octanol–water partition coefficient (Wildman–Crippen LogP) is 1.50. The van der Waals surface area contributed by atoms with Gasteiger partial charge in [0.1, 0.15) is 0 Å². The van der Waals surface area contributed by atoms with Crippen LogP contribution < -0.4 is 5.73 Å². The Morgan fingerprint density at radius 2 is 1.93 bits per heavy atom. The minimum absolute atomic E-state index is 0.277. The molecule has 1 heterocycles. The third-order valence-corrected chi connectivity index (χ3v) is 1.94. The summed E-state index contributed by atoms with van der Waals surface area (Å²) in [4.78, 5) is 0. The molecule has 72 valence electrons. The van der Waals surface area contributed by atoms with E-state index in [0.29, 0.717) is 11.8 Å². The van der Waals surface area contributed by atoms with Crippen molar-refractivity contribution < 1.29 is 4.42 Å². The molecule has 0 aliphatic carbocycles. The molecule has 2 rings (SSSR count). The average Bonchev–Trinajstić information content (AvgIpc) is 2.67. The monoisotopic (exact) mass is 189 g/mol. The molecule has 1 aromatic carbocycles. The number of aryl methyl sites for hydroxylation is 1. The smallest absolute Gasteiger partial charge is 0.247 e. The third kappa shape index (κ3) is 1.65. The van der Waals surface area contributed by atoms with Crippen LogP contribution in [0, 0.1) is 6.92 Å². The van der Waals surface area contributed by atoms with E-state index in [2.05, 4.69) is 10.2 Å². The van der Waals surface area contributed by atoms with Crippen molar-refractivity contribution in [2.24, 2.45) is 5.73 Å². The Balaban J connectivity index is 2.34.